The molecule has 0 unspecified atom stereocenters. The molecule has 26 heavy (non-hydrogen) atoms. The van der Waals surface area contributed by atoms with Crippen molar-refractivity contribution in [3.63, 3.8) is 0 Å². The third-order valence-electron chi connectivity index (χ3n) is 4.04. The van der Waals surface area contributed by atoms with Crippen molar-refractivity contribution in [2.75, 3.05) is 7.05 Å². The van der Waals surface area contributed by atoms with E-state index in [0.717, 1.165) is 17.0 Å². The minimum absolute atomic E-state index is 0.00416. The maximum atomic E-state index is 14.0. The summed E-state index contributed by atoms with van der Waals surface area (Å²) < 4.78 is 45.1. The van der Waals surface area contributed by atoms with Crippen LogP contribution in [0.4, 0.5) is 13.2 Å². The molecule has 0 aliphatic carbocycles. The molecule has 0 atom stereocenters. The molecule has 2 aromatic rings. The van der Waals surface area contributed by atoms with Crippen molar-refractivity contribution >= 4 is 5.96 Å². The lowest BCUT2D eigenvalue weighted by Gasteiger charge is -2.15. The molecular formula is C17H22F3N5O. The highest BCUT2D eigenvalue weighted by Gasteiger charge is 2.15. The Balaban J connectivity index is 2.03. The smallest absolute Gasteiger partial charge is 0.387 e. The van der Waals surface area contributed by atoms with Crippen molar-refractivity contribution < 1.29 is 17.9 Å². The molecular weight excluding hydrogens is 347 g/mol. The van der Waals surface area contributed by atoms with Gasteiger partial charge in [0.1, 0.15) is 11.6 Å². The maximum absolute atomic E-state index is 14.0. The molecule has 0 fully saturated rings. The Morgan fingerprint density at radius 1 is 1.23 bits per heavy atom. The molecule has 0 aliphatic rings. The van der Waals surface area contributed by atoms with Crippen molar-refractivity contribution in [1.29, 1.82) is 0 Å². The van der Waals surface area contributed by atoms with E-state index in [-0.39, 0.29) is 17.9 Å². The number of alkyl halides is 2. The molecule has 0 bridgehead atoms. The van der Waals surface area contributed by atoms with Gasteiger partial charge in [-0.3, -0.25) is 9.67 Å². The van der Waals surface area contributed by atoms with Gasteiger partial charge in [0, 0.05) is 44.0 Å². The zero-order valence-electron chi connectivity index (χ0n) is 15.1. The fourth-order valence-corrected chi connectivity index (χ4v) is 2.55. The van der Waals surface area contributed by atoms with Crippen LogP contribution in [0.3, 0.4) is 0 Å². The molecule has 2 rings (SSSR count). The highest BCUT2D eigenvalue weighted by molar-refractivity contribution is 5.79. The summed E-state index contributed by atoms with van der Waals surface area (Å²) in [5.41, 5.74) is 2.95. The van der Waals surface area contributed by atoms with E-state index >= 15 is 0 Å². The molecule has 6 nitrogen and oxygen atoms in total. The average molecular weight is 369 g/mol. The van der Waals surface area contributed by atoms with Crippen LogP contribution in [0.5, 0.6) is 5.75 Å². The number of rotatable bonds is 6. The van der Waals surface area contributed by atoms with Crippen LogP contribution in [0, 0.1) is 19.7 Å². The predicted octanol–water partition coefficient (Wildman–Crippen LogP) is 2.64. The number of aromatic nitrogens is 2. The van der Waals surface area contributed by atoms with Gasteiger partial charge in [0.25, 0.3) is 0 Å². The third kappa shape index (κ3) is 4.68. The number of ether oxygens (including phenoxy) is 1. The number of aliphatic imine (C=N–C) groups is 1. The van der Waals surface area contributed by atoms with Crippen LogP contribution in [-0.2, 0) is 20.1 Å². The van der Waals surface area contributed by atoms with Crippen LogP contribution < -0.4 is 15.4 Å². The summed E-state index contributed by atoms with van der Waals surface area (Å²) in [7, 11) is 3.43. The van der Waals surface area contributed by atoms with Gasteiger partial charge in [-0.1, -0.05) is 6.07 Å². The summed E-state index contributed by atoms with van der Waals surface area (Å²) >= 11 is 0. The number of benzene rings is 1. The Labute approximate surface area is 150 Å². The quantitative estimate of drug-likeness (QED) is 0.607. The average Bonchev–Trinajstić information content (AvgIpc) is 2.82. The van der Waals surface area contributed by atoms with Crippen LogP contribution in [0.1, 0.15) is 22.5 Å². The van der Waals surface area contributed by atoms with Gasteiger partial charge in [-0.2, -0.15) is 13.9 Å². The normalized spacial score (nSPS) is 11.8. The number of hydrogen-bond donors (Lipinski definition) is 2. The first-order valence-corrected chi connectivity index (χ1v) is 7.99. The first kappa shape index (κ1) is 19.6. The molecule has 9 heteroatoms. The fourth-order valence-electron chi connectivity index (χ4n) is 2.55. The van der Waals surface area contributed by atoms with E-state index in [9.17, 15) is 13.2 Å². The second kappa shape index (κ2) is 8.59. The largest absolute Gasteiger partial charge is 0.434 e. The summed E-state index contributed by atoms with van der Waals surface area (Å²) in [6, 6.07) is 3.80. The summed E-state index contributed by atoms with van der Waals surface area (Å²) in [6.07, 6.45) is 0. The third-order valence-corrected chi connectivity index (χ3v) is 4.04. The standard InChI is InChI=1S/C17H22F3N5O/c1-10-12(11(2)25(4)24-10)8-22-17(21-3)23-9-13-14(18)6-5-7-15(13)26-16(19)20/h5-7,16H,8-9H2,1-4H3,(H2,21,22,23). The van der Waals surface area contributed by atoms with E-state index in [0.29, 0.717) is 12.5 Å². The minimum Gasteiger partial charge on any atom is -0.434 e. The van der Waals surface area contributed by atoms with Crippen LogP contribution in [0.15, 0.2) is 23.2 Å². The molecule has 142 valence electrons. The number of aryl methyl sites for hydroxylation is 2. The molecule has 0 spiro atoms. The van der Waals surface area contributed by atoms with Gasteiger partial charge in [0.15, 0.2) is 5.96 Å². The summed E-state index contributed by atoms with van der Waals surface area (Å²) in [4.78, 5) is 4.06. The Bertz CT molecular complexity index is 789. The van der Waals surface area contributed by atoms with E-state index in [1.165, 1.54) is 18.2 Å². The molecule has 0 aliphatic heterocycles. The molecule has 2 N–H and O–H groups in total. The topological polar surface area (TPSA) is 63.5 Å². The second-order valence-corrected chi connectivity index (χ2v) is 5.65. The van der Waals surface area contributed by atoms with Gasteiger partial charge in [0.2, 0.25) is 0 Å². The number of halogens is 3. The number of nitrogens with zero attached hydrogens (tertiary/aromatic N) is 3. The molecule has 1 heterocycles. The van der Waals surface area contributed by atoms with Crippen molar-refractivity contribution in [2.45, 2.75) is 33.5 Å². The molecule has 0 saturated heterocycles. The minimum atomic E-state index is -3.02. The predicted molar refractivity (Wildman–Crippen MR) is 92.8 cm³/mol. The van der Waals surface area contributed by atoms with E-state index in [4.69, 9.17) is 0 Å². The van der Waals surface area contributed by atoms with E-state index in [1.54, 1.807) is 11.7 Å². The van der Waals surface area contributed by atoms with Gasteiger partial charge in [0.05, 0.1) is 5.69 Å². The lowest BCUT2D eigenvalue weighted by Crippen LogP contribution is -2.36. The lowest BCUT2D eigenvalue weighted by atomic mass is 10.2. The van der Waals surface area contributed by atoms with Gasteiger partial charge >= 0.3 is 6.61 Å². The SMILES string of the molecule is CN=C(NCc1c(F)cccc1OC(F)F)NCc1c(C)nn(C)c1C. The highest BCUT2D eigenvalue weighted by atomic mass is 19.3. The Hall–Kier alpha value is -2.71. The van der Waals surface area contributed by atoms with E-state index in [1.807, 2.05) is 20.9 Å². The van der Waals surface area contributed by atoms with Crippen molar-refractivity contribution in [3.05, 3.63) is 46.5 Å². The molecule has 1 aromatic heterocycles. The number of hydrogen-bond acceptors (Lipinski definition) is 3. The Kier molecular flexibility index (Phi) is 6.48. The number of guanidine groups is 1. The second-order valence-electron chi connectivity index (χ2n) is 5.65. The van der Waals surface area contributed by atoms with Crippen LogP contribution in [0.2, 0.25) is 0 Å². The monoisotopic (exact) mass is 369 g/mol. The van der Waals surface area contributed by atoms with Gasteiger partial charge in [-0.25, -0.2) is 4.39 Å². The first-order chi connectivity index (χ1) is 12.3. The van der Waals surface area contributed by atoms with Crippen molar-refractivity contribution in [2.24, 2.45) is 12.0 Å². The Morgan fingerprint density at radius 2 is 1.88 bits per heavy atom. The van der Waals surface area contributed by atoms with E-state index < -0.39 is 12.4 Å². The van der Waals surface area contributed by atoms with Gasteiger partial charge in [-0.15, -0.1) is 0 Å². The zero-order valence-corrected chi connectivity index (χ0v) is 15.1. The van der Waals surface area contributed by atoms with Gasteiger partial charge in [-0.05, 0) is 26.0 Å². The highest BCUT2D eigenvalue weighted by Crippen LogP contribution is 2.23. The summed E-state index contributed by atoms with van der Waals surface area (Å²) in [5, 5.41) is 10.3. The molecule has 0 radical (unpaired) electrons. The van der Waals surface area contributed by atoms with Crippen molar-refractivity contribution in [1.82, 2.24) is 20.4 Å². The first-order valence-electron chi connectivity index (χ1n) is 7.99. The summed E-state index contributed by atoms with van der Waals surface area (Å²) in [5.74, 6) is -0.439. The zero-order chi connectivity index (χ0) is 19.3. The summed E-state index contributed by atoms with van der Waals surface area (Å²) in [6.45, 7) is 1.26. The van der Waals surface area contributed by atoms with Crippen LogP contribution in [-0.4, -0.2) is 29.4 Å². The number of nitrogens with one attached hydrogen (secondary N) is 2. The molecule has 0 saturated carbocycles. The van der Waals surface area contributed by atoms with Crippen LogP contribution >= 0.6 is 0 Å². The van der Waals surface area contributed by atoms with E-state index in [2.05, 4.69) is 25.5 Å². The van der Waals surface area contributed by atoms with Crippen LogP contribution in [0.25, 0.3) is 0 Å². The van der Waals surface area contributed by atoms with Crippen molar-refractivity contribution in [3.8, 4) is 5.75 Å². The molecule has 0 amide bonds. The van der Waals surface area contributed by atoms with Gasteiger partial charge < -0.3 is 15.4 Å². The lowest BCUT2D eigenvalue weighted by molar-refractivity contribution is -0.0506. The maximum Gasteiger partial charge on any atom is 0.387 e. The molecule has 1 aromatic carbocycles. The fraction of sp³-hybridized carbons (Fsp3) is 0.412. The Morgan fingerprint density at radius 3 is 2.42 bits per heavy atom.